The van der Waals surface area contributed by atoms with Crippen molar-refractivity contribution in [3.05, 3.63) is 58.7 Å². The molecule has 0 radical (unpaired) electrons. The van der Waals surface area contributed by atoms with Crippen LogP contribution in [0.3, 0.4) is 0 Å². The van der Waals surface area contributed by atoms with Crippen LogP contribution in [0.5, 0.6) is 5.75 Å². The van der Waals surface area contributed by atoms with Crippen LogP contribution in [0, 0.1) is 6.92 Å². The third-order valence-corrected chi connectivity index (χ3v) is 4.54. The summed E-state index contributed by atoms with van der Waals surface area (Å²) in [5.74, 6) is 1.02. The van der Waals surface area contributed by atoms with Gasteiger partial charge in [0.1, 0.15) is 5.75 Å². The summed E-state index contributed by atoms with van der Waals surface area (Å²) >= 11 is 0. The zero-order valence-electron chi connectivity index (χ0n) is 12.8. The van der Waals surface area contributed by atoms with E-state index >= 15 is 0 Å². The molecule has 22 heavy (non-hydrogen) atoms. The zero-order chi connectivity index (χ0) is 15.1. The molecule has 0 bridgehead atoms. The highest BCUT2D eigenvalue weighted by Crippen LogP contribution is 2.31. The number of anilines is 1. The molecule has 0 saturated carbocycles. The lowest BCUT2D eigenvalue weighted by Gasteiger charge is -2.30. The second-order valence-electron chi connectivity index (χ2n) is 6.11. The van der Waals surface area contributed by atoms with Crippen molar-refractivity contribution in [3.63, 3.8) is 0 Å². The molecule has 2 heterocycles. The van der Waals surface area contributed by atoms with E-state index in [0.717, 1.165) is 55.0 Å². The van der Waals surface area contributed by atoms with Crippen LogP contribution in [0.25, 0.3) is 0 Å². The number of fused-ring (bicyclic) bond motifs is 2. The summed E-state index contributed by atoms with van der Waals surface area (Å²) in [6.07, 6.45) is 2.97. The van der Waals surface area contributed by atoms with E-state index in [-0.39, 0.29) is 5.91 Å². The molecule has 0 aliphatic carbocycles. The van der Waals surface area contributed by atoms with Gasteiger partial charge in [0.2, 0.25) is 0 Å². The lowest BCUT2D eigenvalue weighted by molar-refractivity contribution is 0.0985. The summed E-state index contributed by atoms with van der Waals surface area (Å²) in [6, 6.07) is 12.2. The Hall–Kier alpha value is -2.29. The third-order valence-electron chi connectivity index (χ3n) is 4.54. The molecule has 0 atom stereocenters. The maximum absolute atomic E-state index is 12.9. The topological polar surface area (TPSA) is 29.5 Å². The Balaban J connectivity index is 1.69. The molecular weight excluding hydrogens is 274 g/mol. The van der Waals surface area contributed by atoms with Crippen molar-refractivity contribution in [1.82, 2.24) is 0 Å². The Labute approximate surface area is 130 Å². The predicted molar refractivity (Wildman–Crippen MR) is 86.8 cm³/mol. The predicted octanol–water partition coefficient (Wildman–Crippen LogP) is 3.52. The standard InChI is InChI=1S/C19H19NO2/c1-13-4-6-17-14(11-13)3-2-9-20(17)19(21)16-5-7-18-15(12-16)8-10-22-18/h4-7,11-12H,2-3,8-10H2,1H3. The van der Waals surface area contributed by atoms with Crippen LogP contribution in [0.2, 0.25) is 0 Å². The number of rotatable bonds is 1. The van der Waals surface area contributed by atoms with Crippen molar-refractivity contribution >= 4 is 11.6 Å². The average Bonchev–Trinajstić information content (AvgIpc) is 3.00. The molecule has 0 unspecified atom stereocenters. The molecule has 2 aliphatic heterocycles. The van der Waals surface area contributed by atoms with Gasteiger partial charge in [-0.1, -0.05) is 17.7 Å². The van der Waals surface area contributed by atoms with Crippen LogP contribution in [-0.4, -0.2) is 19.1 Å². The number of carbonyl (C=O) groups is 1. The van der Waals surface area contributed by atoms with Gasteiger partial charge in [-0.25, -0.2) is 0 Å². The van der Waals surface area contributed by atoms with Crippen LogP contribution in [0.15, 0.2) is 36.4 Å². The highest BCUT2D eigenvalue weighted by atomic mass is 16.5. The summed E-state index contributed by atoms with van der Waals surface area (Å²) < 4.78 is 5.52. The second-order valence-corrected chi connectivity index (χ2v) is 6.11. The molecule has 112 valence electrons. The van der Waals surface area contributed by atoms with Gasteiger partial charge < -0.3 is 9.64 Å². The molecule has 0 spiro atoms. The Morgan fingerprint density at radius 1 is 1.09 bits per heavy atom. The first-order valence-corrected chi connectivity index (χ1v) is 7.89. The Bertz CT molecular complexity index is 751. The van der Waals surface area contributed by atoms with Crippen molar-refractivity contribution in [1.29, 1.82) is 0 Å². The van der Waals surface area contributed by atoms with E-state index in [4.69, 9.17) is 4.74 Å². The number of hydrogen-bond donors (Lipinski definition) is 0. The van der Waals surface area contributed by atoms with Crippen LogP contribution in [0.4, 0.5) is 5.69 Å². The summed E-state index contributed by atoms with van der Waals surface area (Å²) in [4.78, 5) is 14.9. The number of hydrogen-bond acceptors (Lipinski definition) is 2. The van der Waals surface area contributed by atoms with E-state index in [9.17, 15) is 4.79 Å². The van der Waals surface area contributed by atoms with Crippen LogP contribution in [-0.2, 0) is 12.8 Å². The van der Waals surface area contributed by atoms with E-state index in [0.29, 0.717) is 0 Å². The molecule has 4 rings (SSSR count). The van der Waals surface area contributed by atoms with Crippen molar-refractivity contribution in [3.8, 4) is 5.75 Å². The Morgan fingerprint density at radius 3 is 2.91 bits per heavy atom. The minimum absolute atomic E-state index is 0.0968. The maximum Gasteiger partial charge on any atom is 0.258 e. The largest absolute Gasteiger partial charge is 0.493 e. The second kappa shape index (κ2) is 5.16. The van der Waals surface area contributed by atoms with Gasteiger partial charge >= 0.3 is 0 Å². The monoisotopic (exact) mass is 293 g/mol. The van der Waals surface area contributed by atoms with Crippen molar-refractivity contribution < 1.29 is 9.53 Å². The Morgan fingerprint density at radius 2 is 2.00 bits per heavy atom. The quantitative estimate of drug-likeness (QED) is 0.805. The van der Waals surface area contributed by atoms with E-state index in [2.05, 4.69) is 25.1 Å². The van der Waals surface area contributed by atoms with Gasteiger partial charge in [-0.3, -0.25) is 4.79 Å². The highest BCUT2D eigenvalue weighted by molar-refractivity contribution is 6.07. The number of aryl methyl sites for hydroxylation is 2. The Kier molecular flexibility index (Phi) is 3.14. The minimum Gasteiger partial charge on any atom is -0.493 e. The number of ether oxygens (including phenoxy) is 1. The fourth-order valence-electron chi connectivity index (χ4n) is 3.41. The first-order chi connectivity index (χ1) is 10.7. The molecule has 2 aromatic carbocycles. The summed E-state index contributed by atoms with van der Waals surface area (Å²) in [5, 5.41) is 0. The van der Waals surface area contributed by atoms with Crippen LogP contribution in [0.1, 0.15) is 33.5 Å². The molecule has 3 nitrogen and oxygen atoms in total. The molecule has 0 N–H and O–H groups in total. The molecule has 0 saturated heterocycles. The number of benzene rings is 2. The van der Waals surface area contributed by atoms with Crippen molar-refractivity contribution in [2.45, 2.75) is 26.2 Å². The number of carbonyl (C=O) groups excluding carboxylic acids is 1. The fourth-order valence-corrected chi connectivity index (χ4v) is 3.41. The molecule has 2 aromatic rings. The first-order valence-electron chi connectivity index (χ1n) is 7.89. The number of amides is 1. The fraction of sp³-hybridized carbons (Fsp3) is 0.316. The lowest BCUT2D eigenvalue weighted by Crippen LogP contribution is -2.35. The zero-order valence-corrected chi connectivity index (χ0v) is 12.8. The van der Waals surface area contributed by atoms with Gasteiger partial charge in [0, 0.05) is 24.2 Å². The molecular formula is C19H19NO2. The number of nitrogens with zero attached hydrogens (tertiary/aromatic N) is 1. The van der Waals surface area contributed by atoms with Gasteiger partial charge in [0.15, 0.2) is 0 Å². The molecule has 3 heteroatoms. The van der Waals surface area contributed by atoms with E-state index in [1.54, 1.807) is 0 Å². The smallest absolute Gasteiger partial charge is 0.258 e. The van der Waals surface area contributed by atoms with E-state index in [1.165, 1.54) is 11.1 Å². The van der Waals surface area contributed by atoms with Crippen LogP contribution < -0.4 is 9.64 Å². The van der Waals surface area contributed by atoms with Gasteiger partial charge in [0.05, 0.1) is 6.61 Å². The molecule has 0 fully saturated rings. The molecule has 2 aliphatic rings. The molecule has 1 amide bonds. The molecule has 0 aromatic heterocycles. The van der Waals surface area contributed by atoms with Gasteiger partial charge in [0.25, 0.3) is 5.91 Å². The average molecular weight is 293 g/mol. The van der Waals surface area contributed by atoms with Crippen molar-refractivity contribution in [2.75, 3.05) is 18.1 Å². The summed E-state index contributed by atoms with van der Waals surface area (Å²) in [6.45, 7) is 3.61. The van der Waals surface area contributed by atoms with E-state index in [1.807, 2.05) is 23.1 Å². The SMILES string of the molecule is Cc1ccc2c(c1)CCCN2C(=O)c1ccc2c(c1)CCO2. The summed E-state index contributed by atoms with van der Waals surface area (Å²) in [7, 11) is 0. The van der Waals surface area contributed by atoms with E-state index < -0.39 is 0 Å². The summed E-state index contributed by atoms with van der Waals surface area (Å²) in [5.41, 5.74) is 5.51. The normalized spacial score (nSPS) is 16.0. The first kappa shape index (κ1) is 13.4. The minimum atomic E-state index is 0.0968. The van der Waals surface area contributed by atoms with Crippen molar-refractivity contribution in [2.24, 2.45) is 0 Å². The van der Waals surface area contributed by atoms with Crippen LogP contribution >= 0.6 is 0 Å². The maximum atomic E-state index is 12.9. The lowest BCUT2D eigenvalue weighted by atomic mass is 9.98. The van der Waals surface area contributed by atoms with Gasteiger partial charge in [-0.2, -0.15) is 0 Å². The highest BCUT2D eigenvalue weighted by Gasteiger charge is 2.24. The van der Waals surface area contributed by atoms with Gasteiger partial charge in [-0.15, -0.1) is 0 Å². The van der Waals surface area contributed by atoms with Gasteiger partial charge in [-0.05, 0) is 55.2 Å². The third kappa shape index (κ3) is 2.17.